The summed E-state index contributed by atoms with van der Waals surface area (Å²) < 4.78 is 24.6. The first-order valence-corrected chi connectivity index (χ1v) is 8.70. The zero-order valence-electron chi connectivity index (χ0n) is 15.2. The molecule has 1 fully saturated rings. The van der Waals surface area contributed by atoms with E-state index in [-0.39, 0.29) is 18.2 Å². The van der Waals surface area contributed by atoms with Gasteiger partial charge in [0.05, 0.1) is 19.3 Å². The average Bonchev–Trinajstić information content (AvgIpc) is 2.51. The van der Waals surface area contributed by atoms with Gasteiger partial charge in [0.1, 0.15) is 11.4 Å². The van der Waals surface area contributed by atoms with Crippen molar-refractivity contribution in [2.24, 2.45) is 0 Å². The minimum absolute atomic E-state index is 0.0367. The van der Waals surface area contributed by atoms with Gasteiger partial charge in [-0.05, 0) is 58.1 Å². The lowest BCUT2D eigenvalue weighted by Gasteiger charge is -2.45. The van der Waals surface area contributed by atoms with E-state index in [4.69, 9.17) is 9.47 Å². The fraction of sp³-hybridized carbons (Fsp3) is 0.579. The molecule has 0 radical (unpaired) electrons. The van der Waals surface area contributed by atoms with Crippen LogP contribution in [0, 0.1) is 5.82 Å². The van der Waals surface area contributed by atoms with Gasteiger partial charge in [0.15, 0.2) is 0 Å². The molecule has 136 valence electrons. The molecule has 6 heteroatoms. The number of hydrogen-bond acceptors (Lipinski definition) is 4. The molecule has 25 heavy (non-hydrogen) atoms. The Morgan fingerprint density at radius 2 is 2.12 bits per heavy atom. The quantitative estimate of drug-likeness (QED) is 0.805. The second-order valence-corrected chi connectivity index (χ2v) is 7.65. The maximum absolute atomic E-state index is 13.7. The van der Waals surface area contributed by atoms with Gasteiger partial charge in [-0.1, -0.05) is 6.08 Å². The lowest BCUT2D eigenvalue weighted by atomic mass is 9.83. The van der Waals surface area contributed by atoms with Crippen molar-refractivity contribution in [3.8, 4) is 5.88 Å². The van der Waals surface area contributed by atoms with E-state index in [9.17, 15) is 9.18 Å². The third-order valence-electron chi connectivity index (χ3n) is 4.60. The van der Waals surface area contributed by atoms with Gasteiger partial charge in [-0.3, -0.25) is 4.90 Å². The van der Waals surface area contributed by atoms with Crippen LogP contribution in [0.3, 0.4) is 0 Å². The summed E-state index contributed by atoms with van der Waals surface area (Å²) in [6, 6.07) is 1.48. The molecular weight excluding hydrogens is 323 g/mol. The zero-order valence-corrected chi connectivity index (χ0v) is 15.2. The smallest absolute Gasteiger partial charge is 0.411 e. The summed E-state index contributed by atoms with van der Waals surface area (Å²) in [5.41, 5.74) is 1.13. The number of hydrogen-bond donors (Lipinski definition) is 0. The monoisotopic (exact) mass is 348 g/mol. The van der Waals surface area contributed by atoms with Crippen LogP contribution in [-0.2, 0) is 4.74 Å². The van der Waals surface area contributed by atoms with Crippen molar-refractivity contribution in [2.45, 2.75) is 64.1 Å². The number of nitrogens with zero attached hydrogens (tertiary/aromatic N) is 2. The molecule has 2 unspecified atom stereocenters. The SMILES string of the molecule is COc1ncc(F)cc1C1=CC2CCCC(C1)N2C(=O)OC(C)(C)C. The van der Waals surface area contributed by atoms with Crippen LogP contribution >= 0.6 is 0 Å². The summed E-state index contributed by atoms with van der Waals surface area (Å²) in [6.45, 7) is 5.61. The number of methoxy groups -OCH3 is 1. The Morgan fingerprint density at radius 1 is 1.36 bits per heavy atom. The predicted octanol–water partition coefficient (Wildman–Crippen LogP) is 4.17. The van der Waals surface area contributed by atoms with Crippen molar-refractivity contribution in [1.29, 1.82) is 0 Å². The van der Waals surface area contributed by atoms with E-state index in [1.807, 2.05) is 31.7 Å². The molecule has 0 saturated carbocycles. The molecule has 2 aliphatic rings. The molecule has 2 aliphatic heterocycles. The molecule has 5 nitrogen and oxygen atoms in total. The fourth-order valence-electron chi connectivity index (χ4n) is 3.65. The van der Waals surface area contributed by atoms with Gasteiger partial charge in [-0.15, -0.1) is 0 Å². The standard InChI is InChI=1S/C19H25FN2O3/c1-19(2,3)25-18(23)22-14-6-5-7-15(22)9-12(8-14)16-10-13(20)11-21-17(16)24-4/h8,10-11,14-15H,5-7,9H2,1-4H3. The number of carbonyl (C=O) groups excluding carboxylic acids is 1. The predicted molar refractivity (Wildman–Crippen MR) is 92.8 cm³/mol. The van der Waals surface area contributed by atoms with E-state index < -0.39 is 11.4 Å². The highest BCUT2D eigenvalue weighted by Gasteiger charge is 2.39. The van der Waals surface area contributed by atoms with Gasteiger partial charge in [0.25, 0.3) is 0 Å². The van der Waals surface area contributed by atoms with E-state index in [2.05, 4.69) is 4.98 Å². The molecule has 0 aliphatic carbocycles. The maximum Gasteiger partial charge on any atom is 0.411 e. The largest absolute Gasteiger partial charge is 0.481 e. The molecule has 1 aromatic heterocycles. The van der Waals surface area contributed by atoms with E-state index in [0.29, 0.717) is 17.9 Å². The van der Waals surface area contributed by atoms with E-state index in [0.717, 1.165) is 31.0 Å². The van der Waals surface area contributed by atoms with Crippen LogP contribution in [0.5, 0.6) is 5.88 Å². The fourth-order valence-corrected chi connectivity index (χ4v) is 3.65. The summed E-state index contributed by atoms with van der Waals surface area (Å²) in [5, 5.41) is 0. The number of aromatic nitrogens is 1. The third-order valence-corrected chi connectivity index (χ3v) is 4.60. The van der Waals surface area contributed by atoms with E-state index in [1.165, 1.54) is 13.2 Å². The molecule has 0 aromatic carbocycles. The van der Waals surface area contributed by atoms with Crippen LogP contribution in [0.15, 0.2) is 18.3 Å². The molecule has 3 rings (SSSR count). The van der Waals surface area contributed by atoms with Gasteiger partial charge in [0.2, 0.25) is 5.88 Å². The zero-order chi connectivity index (χ0) is 18.2. The first-order chi connectivity index (χ1) is 11.8. The summed E-state index contributed by atoms with van der Waals surface area (Å²) >= 11 is 0. The van der Waals surface area contributed by atoms with E-state index in [1.54, 1.807) is 0 Å². The highest BCUT2D eigenvalue weighted by atomic mass is 19.1. The molecular formula is C19H25FN2O3. The van der Waals surface area contributed by atoms with Crippen molar-refractivity contribution >= 4 is 11.7 Å². The summed E-state index contributed by atoms with van der Waals surface area (Å²) in [5.74, 6) is 0.0212. The summed E-state index contributed by atoms with van der Waals surface area (Å²) in [6.07, 6.45) is 6.43. The maximum atomic E-state index is 13.7. The Balaban J connectivity index is 1.92. The Labute approximate surface area is 147 Å². The van der Waals surface area contributed by atoms with Crippen molar-refractivity contribution in [3.05, 3.63) is 29.7 Å². The second kappa shape index (κ2) is 6.65. The van der Waals surface area contributed by atoms with Crippen molar-refractivity contribution in [3.63, 3.8) is 0 Å². The highest BCUT2D eigenvalue weighted by molar-refractivity contribution is 5.76. The molecule has 2 bridgehead atoms. The van der Waals surface area contributed by atoms with Crippen LogP contribution in [0.1, 0.15) is 52.0 Å². The second-order valence-electron chi connectivity index (χ2n) is 7.65. The Morgan fingerprint density at radius 3 is 2.76 bits per heavy atom. The van der Waals surface area contributed by atoms with Crippen LogP contribution in [0.4, 0.5) is 9.18 Å². The number of fused-ring (bicyclic) bond motifs is 2. The van der Waals surface area contributed by atoms with Gasteiger partial charge < -0.3 is 9.47 Å². The minimum atomic E-state index is -0.523. The molecule has 0 N–H and O–H groups in total. The number of carbonyl (C=O) groups is 1. The van der Waals surface area contributed by atoms with Crippen LogP contribution in [0.2, 0.25) is 0 Å². The van der Waals surface area contributed by atoms with Crippen molar-refractivity contribution < 1.29 is 18.7 Å². The lowest BCUT2D eigenvalue weighted by Crippen LogP contribution is -2.53. The molecule has 3 heterocycles. The topological polar surface area (TPSA) is 51.7 Å². The first-order valence-electron chi connectivity index (χ1n) is 8.70. The molecule has 1 aromatic rings. The minimum Gasteiger partial charge on any atom is -0.481 e. The molecule has 2 atom stereocenters. The lowest BCUT2D eigenvalue weighted by molar-refractivity contribution is 0.0000773. The van der Waals surface area contributed by atoms with Gasteiger partial charge in [-0.25, -0.2) is 14.2 Å². The third kappa shape index (κ3) is 3.78. The normalized spacial score (nSPS) is 23.1. The summed E-state index contributed by atoms with van der Waals surface area (Å²) in [4.78, 5) is 18.5. The number of piperidine rings is 1. The van der Waals surface area contributed by atoms with Crippen molar-refractivity contribution in [2.75, 3.05) is 7.11 Å². The van der Waals surface area contributed by atoms with Gasteiger partial charge in [-0.2, -0.15) is 0 Å². The average molecular weight is 348 g/mol. The highest BCUT2D eigenvalue weighted by Crippen LogP contribution is 2.39. The Kier molecular flexibility index (Phi) is 4.71. The van der Waals surface area contributed by atoms with Crippen LogP contribution < -0.4 is 4.74 Å². The number of halogens is 1. The first kappa shape index (κ1) is 17.7. The molecule has 1 amide bonds. The summed E-state index contributed by atoms with van der Waals surface area (Å²) in [7, 11) is 1.53. The number of rotatable bonds is 2. The van der Waals surface area contributed by atoms with Crippen molar-refractivity contribution in [1.82, 2.24) is 9.88 Å². The molecule has 1 saturated heterocycles. The van der Waals surface area contributed by atoms with Gasteiger partial charge in [0, 0.05) is 11.6 Å². The number of pyridine rings is 1. The Bertz CT molecular complexity index is 696. The van der Waals surface area contributed by atoms with Crippen LogP contribution in [-0.4, -0.2) is 40.8 Å². The Hall–Kier alpha value is -2.11. The van der Waals surface area contributed by atoms with E-state index >= 15 is 0 Å². The number of ether oxygens (including phenoxy) is 2. The van der Waals surface area contributed by atoms with Crippen LogP contribution in [0.25, 0.3) is 5.57 Å². The molecule has 0 spiro atoms. The van der Waals surface area contributed by atoms with Gasteiger partial charge >= 0.3 is 6.09 Å². The number of amides is 1.